The Bertz CT molecular complexity index is 857. The van der Waals surface area contributed by atoms with Crippen molar-refractivity contribution in [3.63, 3.8) is 0 Å². The van der Waals surface area contributed by atoms with Crippen molar-refractivity contribution in [2.45, 2.75) is 24.8 Å². The second-order valence-electron chi connectivity index (χ2n) is 6.97. The fourth-order valence-electron chi connectivity index (χ4n) is 4.13. The van der Waals surface area contributed by atoms with Crippen LogP contribution in [0.2, 0.25) is 0 Å². The van der Waals surface area contributed by atoms with E-state index in [1.54, 1.807) is 0 Å². The van der Waals surface area contributed by atoms with Gasteiger partial charge in [0.1, 0.15) is 11.5 Å². The lowest BCUT2D eigenvalue weighted by Crippen LogP contribution is -2.44. The first-order chi connectivity index (χ1) is 13.4. The molecule has 0 aromatic heterocycles. The minimum absolute atomic E-state index is 0. The Morgan fingerprint density at radius 1 is 0.857 bits per heavy atom. The summed E-state index contributed by atoms with van der Waals surface area (Å²) in [6.07, 6.45) is 2.31. The third kappa shape index (κ3) is 4.39. The van der Waals surface area contributed by atoms with E-state index in [1.807, 2.05) is 37.4 Å². The maximum Gasteiger partial charge on any atom is 0.130 e. The molecule has 4 rings (SSSR count). The Balaban J connectivity index is 0.00000225. The van der Waals surface area contributed by atoms with Crippen LogP contribution in [0.1, 0.15) is 35.9 Å². The molecule has 146 valence electrons. The van der Waals surface area contributed by atoms with Crippen LogP contribution in [-0.2, 0) is 0 Å². The van der Waals surface area contributed by atoms with Gasteiger partial charge in [0.15, 0.2) is 0 Å². The SMILES string of the molecule is CNN1CCCC(c2ccccc2Oc2ccccc2)C1c1ccccc1.Cl. The van der Waals surface area contributed by atoms with Gasteiger partial charge in [-0.15, -0.1) is 12.4 Å². The predicted molar refractivity (Wildman–Crippen MR) is 117 cm³/mol. The molecule has 1 N–H and O–H groups in total. The molecule has 4 heteroatoms. The summed E-state index contributed by atoms with van der Waals surface area (Å²) in [7, 11) is 2.02. The average molecular weight is 395 g/mol. The van der Waals surface area contributed by atoms with Crippen LogP contribution in [-0.4, -0.2) is 18.6 Å². The van der Waals surface area contributed by atoms with Crippen LogP contribution in [0, 0.1) is 0 Å². The summed E-state index contributed by atoms with van der Waals surface area (Å²) in [4.78, 5) is 0. The summed E-state index contributed by atoms with van der Waals surface area (Å²) in [6.45, 7) is 1.05. The van der Waals surface area contributed by atoms with Gasteiger partial charge in [-0.05, 0) is 49.2 Å². The highest BCUT2D eigenvalue weighted by Gasteiger charge is 2.34. The number of hydrogen-bond acceptors (Lipinski definition) is 3. The van der Waals surface area contributed by atoms with Gasteiger partial charge in [-0.2, -0.15) is 0 Å². The molecule has 1 aliphatic rings. The van der Waals surface area contributed by atoms with Crippen molar-refractivity contribution in [1.82, 2.24) is 10.4 Å². The topological polar surface area (TPSA) is 24.5 Å². The first kappa shape index (κ1) is 20.4. The molecule has 0 aliphatic carbocycles. The number of halogens is 1. The predicted octanol–water partition coefficient (Wildman–Crippen LogP) is 5.96. The zero-order chi connectivity index (χ0) is 18.5. The van der Waals surface area contributed by atoms with E-state index in [0.717, 1.165) is 30.9 Å². The van der Waals surface area contributed by atoms with Crippen LogP contribution in [0.4, 0.5) is 0 Å². The highest BCUT2D eigenvalue weighted by Crippen LogP contribution is 2.45. The third-order valence-corrected chi connectivity index (χ3v) is 5.35. The normalized spacial score (nSPS) is 19.6. The van der Waals surface area contributed by atoms with Gasteiger partial charge >= 0.3 is 0 Å². The van der Waals surface area contributed by atoms with Crippen LogP contribution >= 0.6 is 12.4 Å². The van der Waals surface area contributed by atoms with Gasteiger partial charge in [0.25, 0.3) is 0 Å². The molecule has 2 unspecified atom stereocenters. The maximum atomic E-state index is 6.28. The first-order valence-electron chi connectivity index (χ1n) is 9.67. The van der Waals surface area contributed by atoms with Crippen LogP contribution in [0.3, 0.4) is 0 Å². The third-order valence-electron chi connectivity index (χ3n) is 5.35. The van der Waals surface area contributed by atoms with Gasteiger partial charge in [0, 0.05) is 12.5 Å². The molecule has 0 spiro atoms. The number of rotatable bonds is 5. The minimum Gasteiger partial charge on any atom is -0.457 e. The number of hydrazine groups is 1. The standard InChI is InChI=1S/C24H26N2O.ClH/c1-25-26-18-10-16-22(24(26)19-11-4-2-5-12-19)21-15-8-9-17-23(21)27-20-13-6-3-7-14-20;/h2-9,11-15,17,22,24-25H,10,16,18H2,1H3;1H. The zero-order valence-corrected chi connectivity index (χ0v) is 16.9. The molecule has 3 aromatic rings. The molecule has 1 fully saturated rings. The number of piperidine rings is 1. The molecule has 3 aromatic carbocycles. The van der Waals surface area contributed by atoms with Gasteiger partial charge in [-0.1, -0.05) is 66.7 Å². The molecule has 0 amide bonds. The van der Waals surface area contributed by atoms with Crippen molar-refractivity contribution in [2.24, 2.45) is 0 Å². The molecule has 2 atom stereocenters. The largest absolute Gasteiger partial charge is 0.457 e. The van der Waals surface area contributed by atoms with Gasteiger partial charge < -0.3 is 4.74 Å². The minimum atomic E-state index is 0. The highest BCUT2D eigenvalue weighted by atomic mass is 35.5. The summed E-state index contributed by atoms with van der Waals surface area (Å²) in [5.74, 6) is 2.20. The Morgan fingerprint density at radius 3 is 2.21 bits per heavy atom. The number of hydrogen-bond donors (Lipinski definition) is 1. The van der Waals surface area contributed by atoms with E-state index < -0.39 is 0 Å². The Labute approximate surface area is 173 Å². The van der Waals surface area contributed by atoms with E-state index in [2.05, 4.69) is 65.0 Å². The Hall–Kier alpha value is -2.33. The molecular formula is C24H27ClN2O. The lowest BCUT2D eigenvalue weighted by molar-refractivity contribution is 0.0793. The number of nitrogens with zero attached hydrogens (tertiary/aromatic N) is 1. The van der Waals surface area contributed by atoms with E-state index in [1.165, 1.54) is 11.1 Å². The summed E-state index contributed by atoms with van der Waals surface area (Å²) >= 11 is 0. The Kier molecular flexibility index (Phi) is 7.10. The van der Waals surface area contributed by atoms with Gasteiger partial charge in [0.05, 0.1) is 6.04 Å². The monoisotopic (exact) mass is 394 g/mol. The molecule has 3 nitrogen and oxygen atoms in total. The summed E-state index contributed by atoms with van der Waals surface area (Å²) in [5, 5.41) is 2.36. The molecule has 0 saturated carbocycles. The van der Waals surface area contributed by atoms with Crippen molar-refractivity contribution in [3.05, 3.63) is 96.1 Å². The van der Waals surface area contributed by atoms with Gasteiger partial charge in [-0.25, -0.2) is 5.01 Å². The van der Waals surface area contributed by atoms with Crippen molar-refractivity contribution in [2.75, 3.05) is 13.6 Å². The molecule has 1 saturated heterocycles. The lowest BCUT2D eigenvalue weighted by atomic mass is 9.80. The van der Waals surface area contributed by atoms with E-state index in [0.29, 0.717) is 5.92 Å². The smallest absolute Gasteiger partial charge is 0.130 e. The molecule has 0 bridgehead atoms. The lowest BCUT2D eigenvalue weighted by Gasteiger charge is -2.41. The summed E-state index contributed by atoms with van der Waals surface area (Å²) in [6, 6.07) is 29.6. The van der Waals surface area contributed by atoms with Gasteiger partial charge in [-0.3, -0.25) is 5.43 Å². The van der Waals surface area contributed by atoms with Gasteiger partial charge in [0.2, 0.25) is 0 Å². The van der Waals surface area contributed by atoms with Crippen molar-refractivity contribution in [3.8, 4) is 11.5 Å². The molecular weight excluding hydrogens is 368 g/mol. The second kappa shape index (κ2) is 9.74. The molecule has 28 heavy (non-hydrogen) atoms. The molecule has 1 heterocycles. The van der Waals surface area contributed by atoms with Crippen molar-refractivity contribution < 1.29 is 4.74 Å². The molecule has 0 radical (unpaired) electrons. The van der Waals surface area contributed by atoms with Crippen LogP contribution in [0.5, 0.6) is 11.5 Å². The number of para-hydroxylation sites is 2. The Morgan fingerprint density at radius 2 is 1.50 bits per heavy atom. The van der Waals surface area contributed by atoms with Crippen LogP contribution < -0.4 is 10.2 Å². The van der Waals surface area contributed by atoms with E-state index >= 15 is 0 Å². The van der Waals surface area contributed by atoms with Crippen molar-refractivity contribution >= 4 is 12.4 Å². The average Bonchev–Trinajstić information content (AvgIpc) is 2.75. The van der Waals surface area contributed by atoms with Crippen LogP contribution in [0.25, 0.3) is 0 Å². The van der Waals surface area contributed by atoms with E-state index in [4.69, 9.17) is 4.74 Å². The fraction of sp³-hybridized carbons (Fsp3) is 0.250. The fourth-order valence-corrected chi connectivity index (χ4v) is 4.13. The van der Waals surface area contributed by atoms with E-state index in [9.17, 15) is 0 Å². The van der Waals surface area contributed by atoms with E-state index in [-0.39, 0.29) is 18.4 Å². The molecule has 1 aliphatic heterocycles. The zero-order valence-electron chi connectivity index (χ0n) is 16.1. The number of benzene rings is 3. The summed E-state index contributed by atoms with van der Waals surface area (Å²) in [5.41, 5.74) is 6.03. The van der Waals surface area contributed by atoms with Crippen LogP contribution in [0.15, 0.2) is 84.9 Å². The first-order valence-corrected chi connectivity index (χ1v) is 9.67. The second-order valence-corrected chi connectivity index (χ2v) is 6.97. The quantitative estimate of drug-likeness (QED) is 0.578. The number of nitrogens with one attached hydrogen (secondary N) is 1. The summed E-state index contributed by atoms with van der Waals surface area (Å²) < 4.78 is 6.28. The number of ether oxygens (including phenoxy) is 1. The van der Waals surface area contributed by atoms with Crippen molar-refractivity contribution in [1.29, 1.82) is 0 Å². The maximum absolute atomic E-state index is 6.28. The highest BCUT2D eigenvalue weighted by molar-refractivity contribution is 5.85.